The van der Waals surface area contributed by atoms with Gasteiger partial charge in [-0.15, -0.1) is 0 Å². The number of methoxy groups -OCH3 is 1. The number of rotatable bonds is 5. The number of esters is 1. The van der Waals surface area contributed by atoms with Crippen molar-refractivity contribution in [3.05, 3.63) is 71.8 Å². The average Bonchev–Trinajstić information content (AvgIpc) is 2.76. The summed E-state index contributed by atoms with van der Waals surface area (Å²) in [5.41, 5.74) is 3.30. The van der Waals surface area contributed by atoms with E-state index < -0.39 is 0 Å². The van der Waals surface area contributed by atoms with Crippen LogP contribution in [0.5, 0.6) is 0 Å². The number of thioether (sulfide) groups is 1. The standard InChI is InChI=1S/C22H19N3O3S/c1-28-21(27)16-10-8-14(9-11-16)12-23-19(26)13-29-22-24-17-6-2-4-15-5-3-7-18(25-22)20(15)17/h2-11H,12-13H2,1H3,(H,23,26)(H,24,25). The van der Waals surface area contributed by atoms with Gasteiger partial charge in [0.1, 0.15) is 0 Å². The number of anilines is 1. The second-order valence-corrected chi connectivity index (χ2v) is 7.44. The summed E-state index contributed by atoms with van der Waals surface area (Å²) < 4.78 is 4.68. The lowest BCUT2D eigenvalue weighted by molar-refractivity contribution is -0.118. The minimum Gasteiger partial charge on any atom is -0.465 e. The zero-order chi connectivity index (χ0) is 20.2. The van der Waals surface area contributed by atoms with E-state index in [0.717, 1.165) is 27.7 Å². The van der Waals surface area contributed by atoms with E-state index in [1.807, 2.05) is 24.3 Å². The van der Waals surface area contributed by atoms with Gasteiger partial charge in [-0.3, -0.25) is 4.79 Å². The molecule has 0 aliphatic carbocycles. The van der Waals surface area contributed by atoms with Crippen molar-refractivity contribution in [1.82, 2.24) is 5.32 Å². The van der Waals surface area contributed by atoms with Crippen molar-refractivity contribution in [2.24, 2.45) is 4.99 Å². The molecule has 4 rings (SSSR count). The van der Waals surface area contributed by atoms with Crippen LogP contribution < -0.4 is 10.6 Å². The Morgan fingerprint density at radius 1 is 1.07 bits per heavy atom. The Morgan fingerprint density at radius 3 is 2.59 bits per heavy atom. The SMILES string of the molecule is COC(=O)c1ccc(CNC(=O)CSC2=Nc3cccc4cccc(c34)N2)cc1. The van der Waals surface area contributed by atoms with Gasteiger partial charge < -0.3 is 15.4 Å². The summed E-state index contributed by atoms with van der Waals surface area (Å²) >= 11 is 1.36. The molecule has 2 N–H and O–H groups in total. The zero-order valence-corrected chi connectivity index (χ0v) is 16.6. The fourth-order valence-electron chi connectivity index (χ4n) is 3.10. The highest BCUT2D eigenvalue weighted by molar-refractivity contribution is 8.14. The first kappa shape index (κ1) is 19.0. The number of nitrogens with zero attached hydrogens (tertiary/aromatic N) is 1. The lowest BCUT2D eigenvalue weighted by Gasteiger charge is -2.18. The predicted molar refractivity (Wildman–Crippen MR) is 117 cm³/mol. The molecule has 0 aromatic heterocycles. The van der Waals surface area contributed by atoms with Crippen molar-refractivity contribution >= 4 is 51.0 Å². The molecule has 3 aromatic carbocycles. The third-order valence-corrected chi connectivity index (χ3v) is 5.42. The highest BCUT2D eigenvalue weighted by Gasteiger charge is 2.15. The zero-order valence-electron chi connectivity index (χ0n) is 15.8. The Kier molecular flexibility index (Phi) is 5.48. The molecule has 146 valence electrons. The first-order valence-corrected chi connectivity index (χ1v) is 10.1. The second-order valence-electron chi connectivity index (χ2n) is 6.48. The van der Waals surface area contributed by atoms with Crippen LogP contribution in [-0.4, -0.2) is 29.9 Å². The molecule has 3 aromatic rings. The van der Waals surface area contributed by atoms with Crippen LogP contribution in [-0.2, 0) is 16.1 Å². The molecule has 0 radical (unpaired) electrons. The highest BCUT2D eigenvalue weighted by atomic mass is 32.2. The van der Waals surface area contributed by atoms with E-state index in [0.29, 0.717) is 17.3 Å². The van der Waals surface area contributed by atoms with Gasteiger partial charge in [0, 0.05) is 11.9 Å². The fraction of sp³-hybridized carbons (Fsp3) is 0.136. The summed E-state index contributed by atoms with van der Waals surface area (Å²) in [6.07, 6.45) is 0. The van der Waals surface area contributed by atoms with E-state index in [9.17, 15) is 9.59 Å². The van der Waals surface area contributed by atoms with Gasteiger partial charge in [0.25, 0.3) is 0 Å². The van der Waals surface area contributed by atoms with Gasteiger partial charge in [0.2, 0.25) is 5.91 Å². The lowest BCUT2D eigenvalue weighted by atomic mass is 10.1. The maximum Gasteiger partial charge on any atom is 0.337 e. The normalized spacial score (nSPS) is 12.1. The minimum atomic E-state index is -0.380. The predicted octanol–water partition coefficient (Wildman–Crippen LogP) is 4.09. The molecular formula is C22H19N3O3S. The number of amidine groups is 1. The Morgan fingerprint density at radius 2 is 1.83 bits per heavy atom. The number of nitrogens with one attached hydrogen (secondary N) is 2. The number of carbonyl (C=O) groups excluding carboxylic acids is 2. The first-order valence-electron chi connectivity index (χ1n) is 9.08. The van der Waals surface area contributed by atoms with E-state index in [2.05, 4.69) is 32.5 Å². The Bertz CT molecular complexity index is 1100. The molecule has 1 heterocycles. The van der Waals surface area contributed by atoms with Crippen molar-refractivity contribution in [3.63, 3.8) is 0 Å². The number of ether oxygens (including phenoxy) is 1. The quantitative estimate of drug-likeness (QED) is 0.625. The number of aliphatic imine (C=N–C) groups is 1. The molecule has 0 fully saturated rings. The van der Waals surface area contributed by atoms with Crippen LogP contribution in [0.4, 0.5) is 11.4 Å². The average molecular weight is 405 g/mol. The van der Waals surface area contributed by atoms with E-state index in [1.165, 1.54) is 18.9 Å². The van der Waals surface area contributed by atoms with Gasteiger partial charge in [-0.2, -0.15) is 0 Å². The van der Waals surface area contributed by atoms with Crippen molar-refractivity contribution in [2.75, 3.05) is 18.2 Å². The molecule has 6 nitrogen and oxygen atoms in total. The van der Waals surface area contributed by atoms with Crippen LogP contribution in [0, 0.1) is 0 Å². The largest absolute Gasteiger partial charge is 0.465 e. The number of carbonyl (C=O) groups is 2. The van der Waals surface area contributed by atoms with Crippen LogP contribution in [0.15, 0.2) is 65.7 Å². The fourth-order valence-corrected chi connectivity index (χ4v) is 3.82. The van der Waals surface area contributed by atoms with Gasteiger partial charge in [-0.1, -0.05) is 48.2 Å². The number of hydrogen-bond donors (Lipinski definition) is 2. The van der Waals surface area contributed by atoms with Gasteiger partial charge in [-0.05, 0) is 35.2 Å². The summed E-state index contributed by atoms with van der Waals surface area (Å²) in [5, 5.41) is 9.12. The summed E-state index contributed by atoms with van der Waals surface area (Å²) in [6.45, 7) is 0.392. The maximum atomic E-state index is 12.2. The molecule has 0 unspecified atom stereocenters. The first-order chi connectivity index (χ1) is 14.1. The molecule has 0 atom stereocenters. The minimum absolute atomic E-state index is 0.0892. The summed E-state index contributed by atoms with van der Waals surface area (Å²) in [4.78, 5) is 28.3. The maximum absolute atomic E-state index is 12.2. The molecule has 1 aliphatic rings. The Labute approximate surface area is 172 Å². The second kappa shape index (κ2) is 8.36. The highest BCUT2D eigenvalue weighted by Crippen LogP contribution is 2.36. The topological polar surface area (TPSA) is 79.8 Å². The van der Waals surface area contributed by atoms with Crippen molar-refractivity contribution < 1.29 is 14.3 Å². The molecule has 7 heteroatoms. The van der Waals surface area contributed by atoms with E-state index in [-0.39, 0.29) is 17.6 Å². The summed E-state index contributed by atoms with van der Waals surface area (Å²) in [7, 11) is 1.35. The lowest BCUT2D eigenvalue weighted by Crippen LogP contribution is -2.26. The van der Waals surface area contributed by atoms with Crippen LogP contribution >= 0.6 is 11.8 Å². The molecule has 1 aliphatic heterocycles. The van der Waals surface area contributed by atoms with E-state index in [4.69, 9.17) is 0 Å². The van der Waals surface area contributed by atoms with Crippen LogP contribution in [0.2, 0.25) is 0 Å². The third-order valence-electron chi connectivity index (χ3n) is 4.55. The Balaban J connectivity index is 1.33. The van der Waals surface area contributed by atoms with Crippen molar-refractivity contribution in [1.29, 1.82) is 0 Å². The third kappa shape index (κ3) is 4.25. The molecule has 0 saturated heterocycles. The van der Waals surface area contributed by atoms with Crippen molar-refractivity contribution in [2.45, 2.75) is 6.54 Å². The van der Waals surface area contributed by atoms with Gasteiger partial charge in [0.15, 0.2) is 5.17 Å². The van der Waals surface area contributed by atoms with E-state index in [1.54, 1.807) is 24.3 Å². The van der Waals surface area contributed by atoms with Gasteiger partial charge in [0.05, 0.1) is 29.8 Å². The molecular weight excluding hydrogens is 386 g/mol. The molecule has 0 bridgehead atoms. The number of benzene rings is 3. The van der Waals surface area contributed by atoms with E-state index >= 15 is 0 Å². The number of hydrogen-bond acceptors (Lipinski definition) is 6. The van der Waals surface area contributed by atoms with Gasteiger partial charge in [-0.25, -0.2) is 9.79 Å². The molecule has 1 amide bonds. The number of amides is 1. The van der Waals surface area contributed by atoms with Crippen LogP contribution in [0.3, 0.4) is 0 Å². The summed E-state index contributed by atoms with van der Waals surface area (Å²) in [6, 6.07) is 19.0. The molecule has 29 heavy (non-hydrogen) atoms. The molecule has 0 saturated carbocycles. The van der Waals surface area contributed by atoms with Crippen molar-refractivity contribution in [3.8, 4) is 0 Å². The van der Waals surface area contributed by atoms with Gasteiger partial charge >= 0.3 is 5.97 Å². The smallest absolute Gasteiger partial charge is 0.337 e. The molecule has 0 spiro atoms. The van der Waals surface area contributed by atoms with Crippen LogP contribution in [0.1, 0.15) is 15.9 Å². The monoisotopic (exact) mass is 405 g/mol. The van der Waals surface area contributed by atoms with Crippen LogP contribution in [0.25, 0.3) is 10.8 Å². The summed E-state index contributed by atoms with van der Waals surface area (Å²) in [5.74, 6) is -0.215. The Hall–Kier alpha value is -3.32.